The number of benzene rings is 2. The Morgan fingerprint density at radius 1 is 1.04 bits per heavy atom. The molecule has 138 valence electrons. The van der Waals surface area contributed by atoms with Gasteiger partial charge in [0.25, 0.3) is 11.8 Å². The Morgan fingerprint density at radius 3 is 2.52 bits per heavy atom. The normalized spacial score (nSPS) is 10.5. The van der Waals surface area contributed by atoms with Gasteiger partial charge in [-0.2, -0.15) is 0 Å². The zero-order chi connectivity index (χ0) is 19.4. The molecule has 0 spiro atoms. The number of halogens is 2. The van der Waals surface area contributed by atoms with E-state index >= 15 is 0 Å². The summed E-state index contributed by atoms with van der Waals surface area (Å²) in [4.78, 5) is 27.4. The van der Waals surface area contributed by atoms with Crippen molar-refractivity contribution in [3.05, 3.63) is 86.0 Å². The van der Waals surface area contributed by atoms with Crippen LogP contribution in [0.15, 0.2) is 60.0 Å². The predicted octanol–water partition coefficient (Wildman–Crippen LogP) is 5.58. The van der Waals surface area contributed by atoms with Gasteiger partial charge in [0.2, 0.25) is 0 Å². The van der Waals surface area contributed by atoms with Crippen LogP contribution in [-0.2, 0) is 6.54 Å². The maximum atomic E-state index is 12.9. The number of rotatable bonds is 5. The van der Waals surface area contributed by atoms with E-state index in [2.05, 4.69) is 5.32 Å². The van der Waals surface area contributed by atoms with E-state index in [0.717, 1.165) is 5.56 Å². The maximum Gasteiger partial charge on any atom is 0.265 e. The van der Waals surface area contributed by atoms with Gasteiger partial charge in [0.05, 0.1) is 26.2 Å². The molecule has 27 heavy (non-hydrogen) atoms. The molecule has 2 amide bonds. The van der Waals surface area contributed by atoms with Gasteiger partial charge in [0, 0.05) is 13.6 Å². The average Bonchev–Trinajstić information content (AvgIpc) is 3.19. The molecule has 0 atom stereocenters. The summed E-state index contributed by atoms with van der Waals surface area (Å²) < 4.78 is 0. The van der Waals surface area contributed by atoms with E-state index in [1.165, 1.54) is 11.3 Å². The summed E-state index contributed by atoms with van der Waals surface area (Å²) in [6, 6.07) is 15.8. The van der Waals surface area contributed by atoms with E-state index in [0.29, 0.717) is 32.7 Å². The van der Waals surface area contributed by atoms with E-state index in [-0.39, 0.29) is 11.8 Å². The summed E-state index contributed by atoms with van der Waals surface area (Å²) in [5, 5.41) is 5.56. The SMILES string of the molecule is CN(Cc1ccc(Cl)c(Cl)c1)C(=O)c1ccccc1NC(=O)c1cccs1. The standard InChI is InChI=1S/C20H16Cl2N2O2S/c1-24(12-13-8-9-15(21)16(22)11-13)20(26)14-5-2-3-6-17(14)23-19(25)18-7-4-10-27-18/h2-11H,12H2,1H3,(H,23,25). The number of carbonyl (C=O) groups is 2. The van der Waals surface area contributed by atoms with Crippen molar-refractivity contribution in [1.29, 1.82) is 0 Å². The number of hydrogen-bond acceptors (Lipinski definition) is 3. The van der Waals surface area contributed by atoms with E-state index in [1.807, 2.05) is 17.5 Å². The first-order chi connectivity index (χ1) is 13.0. The predicted molar refractivity (Wildman–Crippen MR) is 111 cm³/mol. The fourth-order valence-electron chi connectivity index (χ4n) is 2.56. The number of thiophene rings is 1. The molecule has 0 saturated carbocycles. The first-order valence-electron chi connectivity index (χ1n) is 8.09. The van der Waals surface area contributed by atoms with Gasteiger partial charge in [-0.1, -0.05) is 47.5 Å². The Hall–Kier alpha value is -2.34. The highest BCUT2D eigenvalue weighted by Crippen LogP contribution is 2.24. The number of nitrogens with one attached hydrogen (secondary N) is 1. The zero-order valence-corrected chi connectivity index (χ0v) is 16.7. The van der Waals surface area contributed by atoms with E-state index in [1.54, 1.807) is 54.4 Å². The molecule has 3 aromatic rings. The molecule has 0 saturated heterocycles. The van der Waals surface area contributed by atoms with Crippen molar-refractivity contribution >= 4 is 52.0 Å². The minimum absolute atomic E-state index is 0.205. The first kappa shape index (κ1) is 19.4. The molecule has 0 aliphatic carbocycles. The van der Waals surface area contributed by atoms with Crippen molar-refractivity contribution in [3.8, 4) is 0 Å². The van der Waals surface area contributed by atoms with Gasteiger partial charge in [-0.3, -0.25) is 9.59 Å². The summed E-state index contributed by atoms with van der Waals surface area (Å²) in [5.41, 5.74) is 1.76. The molecular weight excluding hydrogens is 403 g/mol. The lowest BCUT2D eigenvalue weighted by atomic mass is 10.1. The molecule has 0 radical (unpaired) electrons. The van der Waals surface area contributed by atoms with Gasteiger partial charge in [-0.25, -0.2) is 0 Å². The summed E-state index contributed by atoms with van der Waals surface area (Å²) in [6.07, 6.45) is 0. The molecule has 4 nitrogen and oxygen atoms in total. The van der Waals surface area contributed by atoms with Crippen molar-refractivity contribution < 1.29 is 9.59 Å². The highest BCUT2D eigenvalue weighted by Gasteiger charge is 2.18. The molecule has 1 aromatic heterocycles. The third kappa shape index (κ3) is 4.69. The van der Waals surface area contributed by atoms with Crippen LogP contribution in [0, 0.1) is 0 Å². The second kappa shape index (κ2) is 8.57. The van der Waals surface area contributed by atoms with Gasteiger partial charge >= 0.3 is 0 Å². The van der Waals surface area contributed by atoms with Gasteiger partial charge in [-0.15, -0.1) is 11.3 Å². The summed E-state index contributed by atoms with van der Waals surface area (Å²) in [6.45, 7) is 0.364. The molecule has 0 unspecified atom stereocenters. The average molecular weight is 419 g/mol. The van der Waals surface area contributed by atoms with Crippen molar-refractivity contribution in [2.24, 2.45) is 0 Å². The Balaban J connectivity index is 1.77. The lowest BCUT2D eigenvalue weighted by Gasteiger charge is -2.19. The molecule has 1 N–H and O–H groups in total. The second-order valence-electron chi connectivity index (χ2n) is 5.89. The molecule has 2 aromatic carbocycles. The smallest absolute Gasteiger partial charge is 0.265 e. The quantitative estimate of drug-likeness (QED) is 0.587. The van der Waals surface area contributed by atoms with Crippen LogP contribution in [0.5, 0.6) is 0 Å². The Morgan fingerprint density at radius 2 is 1.81 bits per heavy atom. The highest BCUT2D eigenvalue weighted by atomic mass is 35.5. The summed E-state index contributed by atoms with van der Waals surface area (Å²) in [5.74, 6) is -0.444. The van der Waals surface area contributed by atoms with Gasteiger partial charge in [-0.05, 0) is 41.3 Å². The van der Waals surface area contributed by atoms with E-state index < -0.39 is 0 Å². The van der Waals surface area contributed by atoms with Crippen LogP contribution in [0.4, 0.5) is 5.69 Å². The minimum Gasteiger partial charge on any atom is -0.337 e. The maximum absolute atomic E-state index is 12.9. The van der Waals surface area contributed by atoms with Crippen LogP contribution >= 0.6 is 34.5 Å². The summed E-state index contributed by atoms with van der Waals surface area (Å²) >= 11 is 13.3. The first-order valence-corrected chi connectivity index (χ1v) is 9.72. The molecule has 0 aliphatic heterocycles. The number of nitrogens with zero attached hydrogens (tertiary/aromatic N) is 1. The highest BCUT2D eigenvalue weighted by molar-refractivity contribution is 7.12. The van der Waals surface area contributed by atoms with Crippen molar-refractivity contribution in [2.75, 3.05) is 12.4 Å². The number of hydrogen-bond donors (Lipinski definition) is 1. The van der Waals surface area contributed by atoms with Crippen molar-refractivity contribution in [3.63, 3.8) is 0 Å². The monoisotopic (exact) mass is 418 g/mol. The molecule has 0 aliphatic rings. The third-order valence-electron chi connectivity index (χ3n) is 3.90. The second-order valence-corrected chi connectivity index (χ2v) is 7.65. The Labute approximate surface area is 171 Å². The van der Waals surface area contributed by atoms with Gasteiger partial charge in [0.1, 0.15) is 0 Å². The lowest BCUT2D eigenvalue weighted by molar-refractivity contribution is 0.0786. The van der Waals surface area contributed by atoms with Gasteiger partial charge < -0.3 is 10.2 Å². The molecule has 1 heterocycles. The number of anilines is 1. The van der Waals surface area contributed by atoms with Crippen LogP contribution in [0.1, 0.15) is 25.6 Å². The molecule has 7 heteroatoms. The Kier molecular flexibility index (Phi) is 6.16. The van der Waals surface area contributed by atoms with Crippen LogP contribution in [0.2, 0.25) is 10.0 Å². The summed E-state index contributed by atoms with van der Waals surface area (Å²) in [7, 11) is 1.70. The lowest BCUT2D eigenvalue weighted by Crippen LogP contribution is -2.27. The zero-order valence-electron chi connectivity index (χ0n) is 14.4. The van der Waals surface area contributed by atoms with Crippen LogP contribution in [-0.4, -0.2) is 23.8 Å². The fourth-order valence-corrected chi connectivity index (χ4v) is 3.50. The van der Waals surface area contributed by atoms with Crippen LogP contribution in [0.25, 0.3) is 0 Å². The number of para-hydroxylation sites is 1. The molecule has 3 rings (SSSR count). The van der Waals surface area contributed by atoms with Crippen molar-refractivity contribution in [2.45, 2.75) is 6.54 Å². The molecule has 0 bridgehead atoms. The van der Waals surface area contributed by atoms with Crippen LogP contribution < -0.4 is 5.32 Å². The van der Waals surface area contributed by atoms with Crippen LogP contribution in [0.3, 0.4) is 0 Å². The minimum atomic E-state index is -0.239. The Bertz CT molecular complexity index is 974. The third-order valence-corrected chi connectivity index (χ3v) is 5.51. The van der Waals surface area contributed by atoms with E-state index in [4.69, 9.17) is 23.2 Å². The number of carbonyl (C=O) groups excluding carboxylic acids is 2. The van der Waals surface area contributed by atoms with Crippen molar-refractivity contribution in [1.82, 2.24) is 4.90 Å². The largest absolute Gasteiger partial charge is 0.337 e. The van der Waals surface area contributed by atoms with E-state index in [9.17, 15) is 9.59 Å². The number of amides is 2. The molecule has 0 fully saturated rings. The fraction of sp³-hybridized carbons (Fsp3) is 0.100. The topological polar surface area (TPSA) is 49.4 Å². The molecular formula is C20H16Cl2N2O2S. The van der Waals surface area contributed by atoms with Gasteiger partial charge in [0.15, 0.2) is 0 Å².